The number of rotatable bonds is 2. The number of hydrogen-bond acceptors (Lipinski definition) is 3. The third-order valence-electron chi connectivity index (χ3n) is 0.259. The average molecular weight is 404 g/mol. The topological polar surface area (TPSA) is 35.5 Å². The molecule has 0 aromatic carbocycles. The molecule has 0 spiro atoms. The molecule has 0 aromatic rings. The first-order valence-corrected chi connectivity index (χ1v) is 4.70. The Morgan fingerprint density at radius 2 is 1.00 bits per heavy atom. The van der Waals surface area contributed by atoms with Gasteiger partial charge in [-0.25, -0.2) is 26.7 Å². The third-order valence-corrected chi connectivity index (χ3v) is 0.259. The van der Waals surface area contributed by atoms with Crippen LogP contribution in [-0.2, 0) is 9.88 Å². The molecule has 24 heavy (non-hydrogen) atoms. The maximum Gasteiger partial charge on any atom is 0.483 e. The first-order valence-electron chi connectivity index (χ1n) is 4.70. The van der Waals surface area contributed by atoms with E-state index in [0.717, 1.165) is 0 Å². The lowest BCUT2D eigenvalue weighted by atomic mass is 10.7. The molecule has 0 aliphatic rings. The second kappa shape index (κ2) is 43.0. The number of alkyl halides is 9. The third kappa shape index (κ3) is 591. The van der Waals surface area contributed by atoms with Crippen LogP contribution in [0, 0.1) is 0 Å². The molecule has 0 fully saturated rings. The molecule has 0 amide bonds. The Kier molecular flexibility index (Phi) is 68.7. The summed E-state index contributed by atoms with van der Waals surface area (Å²) in [7, 11) is 0. The van der Waals surface area contributed by atoms with Crippen LogP contribution in [0.2, 0.25) is 0 Å². The summed E-state index contributed by atoms with van der Waals surface area (Å²) < 4.78 is 130. The highest BCUT2D eigenvalue weighted by Gasteiger charge is 2.27. The molecule has 0 saturated carbocycles. The molecule has 154 valence electrons. The smallest absolute Gasteiger partial charge is 0.251 e. The van der Waals surface area contributed by atoms with E-state index in [4.69, 9.17) is 4.79 Å². The SMILES string of the molecule is CCF.FCF.FCF.FCOF.FOCC(F)(F)F.O=C(F)F. The Bertz CT molecular complexity index is 170. The van der Waals surface area contributed by atoms with Gasteiger partial charge in [0.1, 0.15) is 0 Å². The Hall–Kier alpha value is -1.32. The largest absolute Gasteiger partial charge is 0.483 e. The Labute approximate surface area is 127 Å². The van der Waals surface area contributed by atoms with Gasteiger partial charge in [0.2, 0.25) is 20.7 Å². The zero-order valence-corrected chi connectivity index (χ0v) is 11.7. The minimum absolute atomic E-state index is 0.250. The number of carbonyl (C=O) groups is 1. The summed E-state index contributed by atoms with van der Waals surface area (Å²) in [5, 5.41) is 0. The summed E-state index contributed by atoms with van der Waals surface area (Å²) in [4.78, 5) is 12.8. The molecule has 0 rings (SSSR count). The molecule has 0 unspecified atom stereocenters. The highest BCUT2D eigenvalue weighted by atomic mass is 19.4. The number of halogens is 13. The number of carbonyl (C=O) groups excluding carboxylic acids is 1. The van der Waals surface area contributed by atoms with Gasteiger partial charge >= 0.3 is 12.5 Å². The van der Waals surface area contributed by atoms with E-state index in [2.05, 4.69) is 9.88 Å². The van der Waals surface area contributed by atoms with Gasteiger partial charge in [-0.05, 0) is 16.0 Å². The van der Waals surface area contributed by atoms with Gasteiger partial charge in [-0.3, -0.25) is 4.39 Å². The van der Waals surface area contributed by atoms with Gasteiger partial charge < -0.3 is 0 Å². The van der Waals surface area contributed by atoms with E-state index < -0.39 is 39.8 Å². The standard InChI is InChI=1S/C2H2F4O.C2H5F.CH2F2O.CF2O.2CH2F2/c3-2(4,5)1-7-6;1-2-3;2-1-4-3;2-1(3)4;2*2-1-3/h1H2;2H2,1H3;1H2;;2*1H2. The van der Waals surface area contributed by atoms with Crippen molar-refractivity contribution in [1.82, 2.24) is 0 Å². The summed E-state index contributed by atoms with van der Waals surface area (Å²) in [5.74, 6) is 0. The van der Waals surface area contributed by atoms with Crippen molar-refractivity contribution < 1.29 is 72.0 Å². The summed E-state index contributed by atoms with van der Waals surface area (Å²) in [6.45, 7) is -5.47. The lowest BCUT2D eigenvalue weighted by molar-refractivity contribution is -0.245. The van der Waals surface area contributed by atoms with Crippen LogP contribution in [-0.4, -0.2) is 46.5 Å². The van der Waals surface area contributed by atoms with Crippen molar-refractivity contribution in [3.63, 3.8) is 0 Å². The number of hydrogen-bond donors (Lipinski definition) is 0. The normalized spacial score (nSPS) is 8.08. The molecule has 0 radical (unpaired) electrons. The van der Waals surface area contributed by atoms with Crippen LogP contribution in [0.4, 0.5) is 62.1 Å². The summed E-state index contributed by atoms with van der Waals surface area (Å²) in [5.41, 5.74) is 0. The van der Waals surface area contributed by atoms with Crippen LogP contribution in [0.1, 0.15) is 6.92 Å². The minimum atomic E-state index is -4.55. The van der Waals surface area contributed by atoms with Gasteiger partial charge in [-0.15, -0.1) is 8.78 Å². The van der Waals surface area contributed by atoms with Crippen LogP contribution in [0.25, 0.3) is 0 Å². The van der Waals surface area contributed by atoms with Crippen molar-refractivity contribution in [3.05, 3.63) is 0 Å². The van der Waals surface area contributed by atoms with Gasteiger partial charge in [0.15, 0.2) is 6.61 Å². The van der Waals surface area contributed by atoms with E-state index in [1.165, 1.54) is 6.92 Å². The first kappa shape index (κ1) is 38.3. The van der Waals surface area contributed by atoms with Crippen LogP contribution in [0.5, 0.6) is 0 Å². The van der Waals surface area contributed by atoms with Crippen molar-refractivity contribution in [3.8, 4) is 0 Å². The minimum Gasteiger partial charge on any atom is -0.251 e. The van der Waals surface area contributed by atoms with Crippen molar-refractivity contribution in [2.45, 2.75) is 13.1 Å². The molecule has 0 aromatic heterocycles. The van der Waals surface area contributed by atoms with Gasteiger partial charge in [0, 0.05) is 0 Å². The van der Waals surface area contributed by atoms with Gasteiger partial charge in [0.05, 0.1) is 6.67 Å². The highest BCUT2D eigenvalue weighted by Crippen LogP contribution is 2.13. The molecule has 3 nitrogen and oxygen atoms in total. The fourth-order valence-electron chi connectivity index (χ4n) is 0.0619. The van der Waals surface area contributed by atoms with Crippen molar-refractivity contribution >= 4 is 6.29 Å². The Balaban J connectivity index is -0.0000000422. The molecule has 0 aliphatic heterocycles. The van der Waals surface area contributed by atoms with Crippen LogP contribution < -0.4 is 0 Å². The molecule has 0 N–H and O–H groups in total. The van der Waals surface area contributed by atoms with Gasteiger partial charge in [-0.1, -0.05) is 0 Å². The Morgan fingerprint density at radius 3 is 1.00 bits per heavy atom. The zero-order valence-electron chi connectivity index (χ0n) is 11.7. The molecule has 0 atom stereocenters. The van der Waals surface area contributed by atoms with Gasteiger partial charge in [-0.2, -0.15) is 23.1 Å². The summed E-state index contributed by atoms with van der Waals surface area (Å²) >= 11 is 0. The maximum absolute atomic E-state index is 10.7. The molecule has 16 heteroatoms. The lowest BCUT2D eigenvalue weighted by Crippen LogP contribution is -2.13. The van der Waals surface area contributed by atoms with E-state index in [0.29, 0.717) is 0 Å². The second-order valence-electron chi connectivity index (χ2n) is 1.78. The lowest BCUT2D eigenvalue weighted by Gasteiger charge is -1.97. The van der Waals surface area contributed by atoms with Gasteiger partial charge in [0.25, 0.3) is 0 Å². The van der Waals surface area contributed by atoms with Crippen molar-refractivity contribution in [2.24, 2.45) is 0 Å². The maximum atomic E-state index is 10.7. The monoisotopic (exact) mass is 404 g/mol. The average Bonchev–Trinajstić information content (AvgIpc) is 2.39. The van der Waals surface area contributed by atoms with Crippen molar-refractivity contribution in [1.29, 1.82) is 0 Å². The van der Waals surface area contributed by atoms with E-state index in [-0.39, 0.29) is 6.67 Å². The molecule has 0 aliphatic carbocycles. The molecule has 0 bridgehead atoms. The van der Waals surface area contributed by atoms with Crippen LogP contribution in [0.15, 0.2) is 0 Å². The van der Waals surface area contributed by atoms with E-state index in [1.807, 2.05) is 0 Å². The quantitative estimate of drug-likeness (QED) is 0.415. The first-order chi connectivity index (χ1) is 10.9. The molecular weight excluding hydrogens is 391 g/mol. The van der Waals surface area contributed by atoms with E-state index in [9.17, 15) is 57.3 Å². The fourth-order valence-corrected chi connectivity index (χ4v) is 0.0619. The predicted molar refractivity (Wildman–Crippen MR) is 54.7 cm³/mol. The van der Waals surface area contributed by atoms with E-state index >= 15 is 0 Å². The van der Waals surface area contributed by atoms with Crippen LogP contribution in [0.3, 0.4) is 0 Å². The van der Waals surface area contributed by atoms with E-state index in [1.54, 1.807) is 0 Å². The summed E-state index contributed by atoms with van der Waals surface area (Å²) in [6.07, 6.45) is -7.38. The predicted octanol–water partition coefficient (Wildman–Crippen LogP) is 6.05. The van der Waals surface area contributed by atoms with Crippen LogP contribution >= 0.6 is 0 Å². The summed E-state index contributed by atoms with van der Waals surface area (Å²) in [6, 6.07) is 0. The van der Waals surface area contributed by atoms with Crippen molar-refractivity contribution in [2.75, 3.05) is 34.0 Å². The molecular formula is C8H13F13O3. The fraction of sp³-hybridized carbons (Fsp3) is 0.875. The highest BCUT2D eigenvalue weighted by molar-refractivity contribution is 5.55. The Morgan fingerprint density at radius 1 is 0.833 bits per heavy atom. The molecule has 0 heterocycles. The molecule has 0 saturated heterocycles. The zero-order chi connectivity index (χ0) is 21.0. The second-order valence-corrected chi connectivity index (χ2v) is 1.78.